The molecule has 1 atom stereocenters. The number of aryl methyl sites for hydroxylation is 1. The number of carbonyl (C=O) groups excluding carboxylic acids is 1. The maximum absolute atomic E-state index is 10.9. The van der Waals surface area contributed by atoms with E-state index < -0.39 is 0 Å². The Hall–Kier alpha value is -3.06. The van der Waals surface area contributed by atoms with E-state index in [1.807, 2.05) is 70.2 Å². The molecule has 0 fully saturated rings. The zero-order valence-corrected chi connectivity index (χ0v) is 18.7. The van der Waals surface area contributed by atoms with E-state index in [-0.39, 0.29) is 12.1 Å². The molecule has 0 radical (unpaired) electrons. The van der Waals surface area contributed by atoms with Crippen molar-refractivity contribution in [2.75, 3.05) is 0 Å². The van der Waals surface area contributed by atoms with Crippen molar-refractivity contribution in [3.63, 3.8) is 0 Å². The number of rotatable bonds is 6. The summed E-state index contributed by atoms with van der Waals surface area (Å²) in [5, 5.41) is 6.97. The summed E-state index contributed by atoms with van der Waals surface area (Å²) < 4.78 is 5.24. The Balaban J connectivity index is 0. The summed E-state index contributed by atoms with van der Waals surface area (Å²) in [6, 6.07) is 11.9. The minimum atomic E-state index is -0.215. The number of H-pyrrole nitrogens is 1. The van der Waals surface area contributed by atoms with Crippen molar-refractivity contribution in [3.05, 3.63) is 72.1 Å². The van der Waals surface area contributed by atoms with Crippen LogP contribution in [0.5, 0.6) is 0 Å². The molecule has 1 aromatic carbocycles. The standard InChI is InChI=1S/C12H16O2.C9H12N2.C2H6.C2H2/c1-3-7-12(14-10(2)13)11-8-5-4-6-9-11;1-4-8(5-2)9-6-7(3)10-11-9;2*1-2/h4-6,8-9,12H,3,7H2,1-2H3;4-6H,1H2,2-3H3,(H,10,11);1-2H3;1-2H/b;8-5+;;. The lowest BCUT2D eigenvalue weighted by Gasteiger charge is -2.16. The summed E-state index contributed by atoms with van der Waals surface area (Å²) >= 11 is 0. The number of terminal acetylenes is 1. The van der Waals surface area contributed by atoms with E-state index in [0.29, 0.717) is 0 Å². The Morgan fingerprint density at radius 3 is 2.24 bits per heavy atom. The van der Waals surface area contributed by atoms with Gasteiger partial charge in [-0.25, -0.2) is 0 Å². The molecule has 0 saturated carbocycles. The minimum absolute atomic E-state index is 0.0845. The van der Waals surface area contributed by atoms with Crippen LogP contribution in [0.15, 0.2) is 55.1 Å². The molecule has 2 rings (SSSR count). The van der Waals surface area contributed by atoms with Crippen LogP contribution in [0, 0.1) is 19.8 Å². The van der Waals surface area contributed by atoms with Crippen LogP contribution in [0.25, 0.3) is 5.57 Å². The maximum Gasteiger partial charge on any atom is 0.303 e. The normalized spacial score (nSPS) is 10.6. The molecule has 2 aromatic rings. The van der Waals surface area contributed by atoms with E-state index in [2.05, 4.69) is 36.5 Å². The van der Waals surface area contributed by atoms with Crippen molar-refractivity contribution in [1.82, 2.24) is 10.2 Å². The molecule has 0 amide bonds. The van der Waals surface area contributed by atoms with Crippen molar-refractivity contribution >= 4 is 11.5 Å². The average molecular weight is 397 g/mol. The second-order valence-electron chi connectivity index (χ2n) is 5.68. The van der Waals surface area contributed by atoms with E-state index in [1.54, 1.807) is 6.08 Å². The Morgan fingerprint density at radius 1 is 1.28 bits per heavy atom. The summed E-state index contributed by atoms with van der Waals surface area (Å²) in [4.78, 5) is 10.9. The SMILES string of the molecule is C#C.C=C/C(=C\C)c1cc(C)[nH]n1.CC.CCCC(OC(C)=O)c1ccccc1. The van der Waals surface area contributed by atoms with Crippen LogP contribution in [0.1, 0.15) is 70.5 Å². The summed E-state index contributed by atoms with van der Waals surface area (Å²) in [6.45, 7) is 15.2. The van der Waals surface area contributed by atoms with Crippen LogP contribution >= 0.6 is 0 Å². The third-order valence-corrected chi connectivity index (χ3v) is 3.56. The number of aromatic nitrogens is 2. The summed E-state index contributed by atoms with van der Waals surface area (Å²) in [6.07, 6.45) is 13.6. The van der Waals surface area contributed by atoms with Gasteiger partial charge in [-0.2, -0.15) is 5.10 Å². The number of benzene rings is 1. The fourth-order valence-corrected chi connectivity index (χ4v) is 2.36. The highest BCUT2D eigenvalue weighted by molar-refractivity contribution is 5.70. The Bertz CT molecular complexity index is 728. The molecular weight excluding hydrogens is 360 g/mol. The van der Waals surface area contributed by atoms with Gasteiger partial charge in [0.25, 0.3) is 0 Å². The van der Waals surface area contributed by atoms with Gasteiger partial charge in [-0.15, -0.1) is 12.8 Å². The summed E-state index contributed by atoms with van der Waals surface area (Å²) in [5.74, 6) is -0.215. The molecule has 0 bridgehead atoms. The molecule has 29 heavy (non-hydrogen) atoms. The van der Waals surface area contributed by atoms with Gasteiger partial charge in [0.1, 0.15) is 6.10 Å². The molecule has 1 heterocycles. The van der Waals surface area contributed by atoms with E-state index in [4.69, 9.17) is 4.74 Å². The van der Waals surface area contributed by atoms with Crippen LogP contribution in [-0.2, 0) is 9.53 Å². The number of allylic oxidation sites excluding steroid dienone is 3. The zero-order chi connectivity index (χ0) is 22.7. The monoisotopic (exact) mass is 396 g/mol. The van der Waals surface area contributed by atoms with E-state index in [9.17, 15) is 4.79 Å². The van der Waals surface area contributed by atoms with Gasteiger partial charge in [0.05, 0.1) is 5.69 Å². The van der Waals surface area contributed by atoms with Gasteiger partial charge in [0, 0.05) is 12.6 Å². The number of nitrogens with one attached hydrogen (secondary N) is 1. The highest BCUT2D eigenvalue weighted by atomic mass is 16.5. The smallest absolute Gasteiger partial charge is 0.303 e. The predicted molar refractivity (Wildman–Crippen MR) is 124 cm³/mol. The van der Waals surface area contributed by atoms with E-state index >= 15 is 0 Å². The summed E-state index contributed by atoms with van der Waals surface area (Å²) in [5.41, 5.74) is 4.17. The fourth-order valence-electron chi connectivity index (χ4n) is 2.36. The van der Waals surface area contributed by atoms with Crippen molar-refractivity contribution < 1.29 is 9.53 Å². The lowest BCUT2D eigenvalue weighted by molar-refractivity contribution is -0.147. The van der Waals surface area contributed by atoms with Crippen LogP contribution < -0.4 is 0 Å². The maximum atomic E-state index is 10.9. The molecule has 1 unspecified atom stereocenters. The van der Waals surface area contributed by atoms with Gasteiger partial charge < -0.3 is 4.74 Å². The topological polar surface area (TPSA) is 55.0 Å². The molecule has 4 heteroatoms. The zero-order valence-electron chi connectivity index (χ0n) is 18.7. The van der Waals surface area contributed by atoms with Crippen LogP contribution in [0.4, 0.5) is 0 Å². The highest BCUT2D eigenvalue weighted by Gasteiger charge is 2.12. The number of hydrogen-bond donors (Lipinski definition) is 1. The van der Waals surface area contributed by atoms with Gasteiger partial charge in [-0.3, -0.25) is 9.89 Å². The average Bonchev–Trinajstić information content (AvgIpc) is 3.18. The molecule has 4 nitrogen and oxygen atoms in total. The highest BCUT2D eigenvalue weighted by Crippen LogP contribution is 2.22. The molecule has 0 spiro atoms. The number of hydrogen-bond acceptors (Lipinski definition) is 3. The molecule has 1 aromatic heterocycles. The third-order valence-electron chi connectivity index (χ3n) is 3.56. The third kappa shape index (κ3) is 12.1. The van der Waals surface area contributed by atoms with Gasteiger partial charge in [0.2, 0.25) is 0 Å². The first-order valence-electron chi connectivity index (χ1n) is 9.88. The van der Waals surface area contributed by atoms with E-state index in [0.717, 1.165) is 35.4 Å². The first-order valence-corrected chi connectivity index (χ1v) is 9.88. The minimum Gasteiger partial charge on any atom is -0.458 e. The first kappa shape index (κ1) is 28.2. The van der Waals surface area contributed by atoms with Crippen molar-refractivity contribution in [2.24, 2.45) is 0 Å². The Morgan fingerprint density at radius 2 is 1.86 bits per heavy atom. The quantitative estimate of drug-likeness (QED) is 0.337. The van der Waals surface area contributed by atoms with Crippen LogP contribution in [0.3, 0.4) is 0 Å². The fraction of sp³-hybridized carbons (Fsp3) is 0.360. The largest absolute Gasteiger partial charge is 0.458 e. The first-order chi connectivity index (χ1) is 14.0. The van der Waals surface area contributed by atoms with E-state index in [1.165, 1.54) is 6.92 Å². The van der Waals surface area contributed by atoms with Gasteiger partial charge in [-0.1, -0.05) is 76.3 Å². The molecule has 0 aliphatic carbocycles. The number of ether oxygens (including phenoxy) is 1. The number of nitrogens with zero attached hydrogens (tertiary/aromatic N) is 1. The molecule has 1 N–H and O–H groups in total. The van der Waals surface area contributed by atoms with Gasteiger partial charge >= 0.3 is 5.97 Å². The summed E-state index contributed by atoms with van der Waals surface area (Å²) in [7, 11) is 0. The van der Waals surface area contributed by atoms with Gasteiger partial charge in [0.15, 0.2) is 0 Å². The lowest BCUT2D eigenvalue weighted by Crippen LogP contribution is -2.08. The predicted octanol–water partition coefficient (Wildman–Crippen LogP) is 6.67. The molecule has 158 valence electrons. The molecule has 0 aliphatic heterocycles. The number of carbonyl (C=O) groups is 1. The van der Waals surface area contributed by atoms with Crippen LogP contribution in [0.2, 0.25) is 0 Å². The Kier molecular flexibility index (Phi) is 17.8. The van der Waals surface area contributed by atoms with Crippen LogP contribution in [-0.4, -0.2) is 16.2 Å². The van der Waals surface area contributed by atoms with Crippen molar-refractivity contribution in [2.45, 2.75) is 60.5 Å². The molecule has 0 aliphatic rings. The second-order valence-corrected chi connectivity index (χ2v) is 5.68. The second kappa shape index (κ2) is 18.3. The Labute approximate surface area is 177 Å². The molecule has 0 saturated heterocycles. The van der Waals surface area contributed by atoms with Crippen molar-refractivity contribution in [1.29, 1.82) is 0 Å². The number of esters is 1. The van der Waals surface area contributed by atoms with Crippen molar-refractivity contribution in [3.8, 4) is 12.8 Å². The number of aromatic amines is 1. The molecular formula is C25H36N2O2. The van der Waals surface area contributed by atoms with Gasteiger partial charge in [-0.05, 0) is 37.5 Å². The lowest BCUT2D eigenvalue weighted by atomic mass is 10.1.